The summed E-state index contributed by atoms with van der Waals surface area (Å²) >= 11 is 0. The summed E-state index contributed by atoms with van der Waals surface area (Å²) in [6, 6.07) is 14.7. The van der Waals surface area contributed by atoms with Crippen molar-refractivity contribution in [3.05, 3.63) is 59.9 Å². The van der Waals surface area contributed by atoms with Gasteiger partial charge in [0.25, 0.3) is 0 Å². The molecule has 0 amide bonds. The molecule has 2 aromatic rings. The van der Waals surface area contributed by atoms with E-state index in [2.05, 4.69) is 22.3 Å². The van der Waals surface area contributed by atoms with Gasteiger partial charge in [-0.05, 0) is 30.3 Å². The van der Waals surface area contributed by atoms with Gasteiger partial charge in [-0.2, -0.15) is 0 Å². The number of anilines is 1. The van der Waals surface area contributed by atoms with Crippen LogP contribution in [0.1, 0.15) is 5.56 Å². The third-order valence-electron chi connectivity index (χ3n) is 3.67. The Hall–Kier alpha value is -2.07. The number of nitrogens with zero attached hydrogens (tertiary/aromatic N) is 1. The zero-order valence-electron chi connectivity index (χ0n) is 11.9. The van der Waals surface area contributed by atoms with E-state index in [0.717, 1.165) is 31.9 Å². The summed E-state index contributed by atoms with van der Waals surface area (Å²) in [5, 5.41) is 3.34. The molecule has 0 unspecified atom stereocenters. The van der Waals surface area contributed by atoms with Gasteiger partial charge in [0.2, 0.25) is 0 Å². The number of rotatable bonds is 4. The number of piperazine rings is 1. The first kappa shape index (κ1) is 13.9. The van der Waals surface area contributed by atoms with Crippen molar-refractivity contribution in [3.63, 3.8) is 0 Å². The van der Waals surface area contributed by atoms with E-state index in [1.807, 2.05) is 18.2 Å². The lowest BCUT2D eigenvalue weighted by Crippen LogP contribution is -2.43. The fraction of sp³-hybridized carbons (Fsp3) is 0.294. The predicted molar refractivity (Wildman–Crippen MR) is 82.3 cm³/mol. The van der Waals surface area contributed by atoms with E-state index in [9.17, 15) is 4.39 Å². The molecule has 1 fully saturated rings. The molecule has 1 N–H and O–H groups in total. The summed E-state index contributed by atoms with van der Waals surface area (Å²) < 4.78 is 19.2. The lowest BCUT2D eigenvalue weighted by Gasteiger charge is -2.29. The van der Waals surface area contributed by atoms with Crippen molar-refractivity contribution >= 4 is 5.69 Å². The minimum Gasteiger partial charge on any atom is -0.489 e. The van der Waals surface area contributed by atoms with Crippen LogP contribution in [0.4, 0.5) is 10.1 Å². The second-order valence-electron chi connectivity index (χ2n) is 5.11. The smallest absolute Gasteiger partial charge is 0.129 e. The molecule has 0 radical (unpaired) electrons. The van der Waals surface area contributed by atoms with Gasteiger partial charge in [-0.1, -0.05) is 18.2 Å². The van der Waals surface area contributed by atoms with Crippen molar-refractivity contribution in [2.45, 2.75) is 6.61 Å². The third-order valence-corrected chi connectivity index (χ3v) is 3.67. The van der Waals surface area contributed by atoms with Gasteiger partial charge in [-0.25, -0.2) is 4.39 Å². The van der Waals surface area contributed by atoms with E-state index in [1.54, 1.807) is 12.1 Å². The van der Waals surface area contributed by atoms with E-state index in [0.29, 0.717) is 5.56 Å². The molecule has 0 spiro atoms. The summed E-state index contributed by atoms with van der Waals surface area (Å²) in [5.41, 5.74) is 1.78. The average molecular weight is 286 g/mol. The Morgan fingerprint density at radius 3 is 2.43 bits per heavy atom. The van der Waals surface area contributed by atoms with Gasteiger partial charge in [-0.15, -0.1) is 0 Å². The van der Waals surface area contributed by atoms with Crippen LogP contribution < -0.4 is 15.0 Å². The van der Waals surface area contributed by atoms with Gasteiger partial charge in [-0.3, -0.25) is 0 Å². The van der Waals surface area contributed by atoms with Crippen LogP contribution in [0.5, 0.6) is 5.75 Å². The number of hydrogen-bond acceptors (Lipinski definition) is 3. The lowest BCUT2D eigenvalue weighted by atomic mass is 10.2. The van der Waals surface area contributed by atoms with Crippen LogP contribution >= 0.6 is 0 Å². The number of hydrogen-bond donors (Lipinski definition) is 1. The van der Waals surface area contributed by atoms with Gasteiger partial charge in [0, 0.05) is 37.4 Å². The molecular weight excluding hydrogens is 267 g/mol. The normalized spacial score (nSPS) is 15.0. The quantitative estimate of drug-likeness (QED) is 0.935. The maximum atomic E-state index is 13.5. The van der Waals surface area contributed by atoms with Gasteiger partial charge in [0.1, 0.15) is 18.2 Å². The molecule has 1 aliphatic rings. The van der Waals surface area contributed by atoms with Crippen molar-refractivity contribution in [2.75, 3.05) is 31.1 Å². The highest BCUT2D eigenvalue weighted by Gasteiger charge is 2.10. The largest absolute Gasteiger partial charge is 0.489 e. The molecule has 0 aliphatic carbocycles. The zero-order chi connectivity index (χ0) is 14.5. The van der Waals surface area contributed by atoms with E-state index in [4.69, 9.17) is 4.74 Å². The molecule has 1 saturated heterocycles. The topological polar surface area (TPSA) is 24.5 Å². The monoisotopic (exact) mass is 286 g/mol. The van der Waals surface area contributed by atoms with Crippen molar-refractivity contribution < 1.29 is 9.13 Å². The lowest BCUT2D eigenvalue weighted by molar-refractivity contribution is 0.300. The predicted octanol–water partition coefficient (Wildman–Crippen LogP) is 2.81. The SMILES string of the molecule is Fc1ccccc1COc1ccc(N2CCNCC2)cc1. The Bertz CT molecular complexity index is 580. The highest BCUT2D eigenvalue weighted by atomic mass is 19.1. The molecule has 0 saturated carbocycles. The molecule has 4 heteroatoms. The molecule has 110 valence electrons. The standard InChI is InChI=1S/C17H19FN2O/c18-17-4-2-1-3-14(17)13-21-16-7-5-15(6-8-16)20-11-9-19-10-12-20/h1-8,19H,9-13H2. The summed E-state index contributed by atoms with van der Waals surface area (Å²) in [5.74, 6) is 0.534. The third kappa shape index (κ3) is 3.52. The van der Waals surface area contributed by atoms with Gasteiger partial charge < -0.3 is 15.0 Å². The highest BCUT2D eigenvalue weighted by Crippen LogP contribution is 2.21. The second-order valence-corrected chi connectivity index (χ2v) is 5.11. The van der Waals surface area contributed by atoms with Crippen molar-refractivity contribution in [1.29, 1.82) is 0 Å². The van der Waals surface area contributed by atoms with Crippen LogP contribution in [0, 0.1) is 5.82 Å². The minimum atomic E-state index is -0.227. The molecule has 0 aromatic heterocycles. The highest BCUT2D eigenvalue weighted by molar-refractivity contribution is 5.49. The minimum absolute atomic E-state index is 0.227. The first-order valence-electron chi connectivity index (χ1n) is 7.25. The Balaban J connectivity index is 1.60. The molecule has 0 atom stereocenters. The second kappa shape index (κ2) is 6.59. The van der Waals surface area contributed by atoms with E-state index < -0.39 is 0 Å². The van der Waals surface area contributed by atoms with E-state index in [-0.39, 0.29) is 12.4 Å². The van der Waals surface area contributed by atoms with E-state index in [1.165, 1.54) is 11.8 Å². The molecule has 2 aromatic carbocycles. The maximum Gasteiger partial charge on any atom is 0.129 e. The molecule has 21 heavy (non-hydrogen) atoms. The van der Waals surface area contributed by atoms with Crippen molar-refractivity contribution in [3.8, 4) is 5.75 Å². The van der Waals surface area contributed by atoms with Crippen molar-refractivity contribution in [2.24, 2.45) is 0 Å². The van der Waals surface area contributed by atoms with Crippen molar-refractivity contribution in [1.82, 2.24) is 5.32 Å². The van der Waals surface area contributed by atoms with Crippen LogP contribution in [0.25, 0.3) is 0 Å². The van der Waals surface area contributed by atoms with Gasteiger partial charge in [0.15, 0.2) is 0 Å². The number of halogens is 1. The van der Waals surface area contributed by atoms with Crippen LogP contribution in [0.15, 0.2) is 48.5 Å². The first-order chi connectivity index (χ1) is 10.3. The summed E-state index contributed by atoms with van der Waals surface area (Å²) in [7, 11) is 0. The van der Waals surface area contributed by atoms with E-state index >= 15 is 0 Å². The average Bonchev–Trinajstić information content (AvgIpc) is 2.55. The van der Waals surface area contributed by atoms with Gasteiger partial charge in [0.05, 0.1) is 0 Å². The molecule has 1 aliphatic heterocycles. The Morgan fingerprint density at radius 1 is 1.00 bits per heavy atom. The van der Waals surface area contributed by atoms with Crippen LogP contribution in [0.3, 0.4) is 0 Å². The Morgan fingerprint density at radius 2 is 1.71 bits per heavy atom. The van der Waals surface area contributed by atoms with Crippen LogP contribution in [-0.2, 0) is 6.61 Å². The zero-order valence-corrected chi connectivity index (χ0v) is 11.9. The summed E-state index contributed by atoms with van der Waals surface area (Å²) in [6.07, 6.45) is 0. The fourth-order valence-electron chi connectivity index (χ4n) is 2.45. The fourth-order valence-corrected chi connectivity index (χ4v) is 2.45. The first-order valence-corrected chi connectivity index (χ1v) is 7.25. The molecular formula is C17H19FN2O. The Kier molecular flexibility index (Phi) is 4.36. The molecule has 0 bridgehead atoms. The Labute approximate surface area is 124 Å². The van der Waals surface area contributed by atoms with Crippen LogP contribution in [0.2, 0.25) is 0 Å². The molecule has 3 nitrogen and oxygen atoms in total. The van der Waals surface area contributed by atoms with Crippen LogP contribution in [-0.4, -0.2) is 26.2 Å². The maximum absolute atomic E-state index is 13.5. The molecule has 3 rings (SSSR count). The number of ether oxygens (including phenoxy) is 1. The number of benzene rings is 2. The number of nitrogens with one attached hydrogen (secondary N) is 1. The summed E-state index contributed by atoms with van der Waals surface area (Å²) in [4.78, 5) is 2.34. The van der Waals surface area contributed by atoms with Gasteiger partial charge >= 0.3 is 0 Å². The summed E-state index contributed by atoms with van der Waals surface area (Å²) in [6.45, 7) is 4.33. The molecule has 1 heterocycles.